The molecule has 0 saturated heterocycles. The minimum atomic E-state index is -0.905. The van der Waals surface area contributed by atoms with Gasteiger partial charge in [0.15, 0.2) is 0 Å². The zero-order valence-electron chi connectivity index (χ0n) is 8.57. The van der Waals surface area contributed by atoms with Crippen LogP contribution in [0.5, 0.6) is 0 Å². The summed E-state index contributed by atoms with van der Waals surface area (Å²) in [5, 5.41) is 19.9. The van der Waals surface area contributed by atoms with E-state index >= 15 is 0 Å². The molecular weight excluding hydrogens is 184 g/mol. The maximum absolute atomic E-state index is 11.2. The summed E-state index contributed by atoms with van der Waals surface area (Å²) in [7, 11) is 0. The molecule has 0 aliphatic carbocycles. The first-order valence-corrected chi connectivity index (χ1v) is 4.94. The van der Waals surface area contributed by atoms with E-state index in [4.69, 9.17) is 15.9 Å². The van der Waals surface area contributed by atoms with Gasteiger partial charge in [0, 0.05) is 6.54 Å². The first-order chi connectivity index (χ1) is 6.61. The van der Waals surface area contributed by atoms with Gasteiger partial charge in [-0.1, -0.05) is 19.8 Å². The van der Waals surface area contributed by atoms with E-state index in [0.29, 0.717) is 6.42 Å². The van der Waals surface area contributed by atoms with E-state index in [-0.39, 0.29) is 19.1 Å². The number of carbonyl (C=O) groups is 1. The zero-order chi connectivity index (χ0) is 11.0. The maximum atomic E-state index is 11.2. The van der Waals surface area contributed by atoms with Crippen LogP contribution in [0, 0.1) is 0 Å². The van der Waals surface area contributed by atoms with Gasteiger partial charge in [0.25, 0.3) is 0 Å². The van der Waals surface area contributed by atoms with Crippen LogP contribution in [0.3, 0.4) is 0 Å². The van der Waals surface area contributed by atoms with Crippen molar-refractivity contribution < 1.29 is 15.0 Å². The Morgan fingerprint density at radius 2 is 2.21 bits per heavy atom. The SMILES string of the molecule is CCCCC(N)C(=O)NCC(O)CO. The summed E-state index contributed by atoms with van der Waals surface area (Å²) in [6, 6.07) is -0.513. The van der Waals surface area contributed by atoms with Crippen molar-refractivity contribution >= 4 is 5.91 Å². The number of amides is 1. The highest BCUT2D eigenvalue weighted by Crippen LogP contribution is 1.97. The van der Waals surface area contributed by atoms with Crippen molar-refractivity contribution in [3.63, 3.8) is 0 Å². The molecule has 5 heteroatoms. The normalized spacial score (nSPS) is 14.9. The average Bonchev–Trinajstić information content (AvgIpc) is 2.21. The maximum Gasteiger partial charge on any atom is 0.237 e. The smallest absolute Gasteiger partial charge is 0.237 e. The van der Waals surface area contributed by atoms with E-state index in [1.54, 1.807) is 0 Å². The number of hydrogen-bond donors (Lipinski definition) is 4. The Morgan fingerprint density at radius 3 is 2.71 bits per heavy atom. The molecule has 14 heavy (non-hydrogen) atoms. The van der Waals surface area contributed by atoms with E-state index in [2.05, 4.69) is 5.32 Å². The first-order valence-electron chi connectivity index (χ1n) is 4.94. The van der Waals surface area contributed by atoms with Gasteiger partial charge >= 0.3 is 0 Å². The summed E-state index contributed by atoms with van der Waals surface area (Å²) in [6.07, 6.45) is 1.66. The van der Waals surface area contributed by atoms with Crippen LogP contribution in [-0.4, -0.2) is 41.4 Å². The van der Waals surface area contributed by atoms with Crippen molar-refractivity contribution in [2.24, 2.45) is 5.73 Å². The molecule has 0 saturated carbocycles. The fourth-order valence-corrected chi connectivity index (χ4v) is 0.969. The van der Waals surface area contributed by atoms with Gasteiger partial charge in [-0.3, -0.25) is 4.79 Å². The second-order valence-corrected chi connectivity index (χ2v) is 3.33. The molecule has 0 radical (unpaired) electrons. The number of nitrogens with two attached hydrogens (primary N) is 1. The number of nitrogens with one attached hydrogen (secondary N) is 1. The number of aliphatic hydroxyl groups is 2. The molecule has 1 amide bonds. The standard InChI is InChI=1S/C9H20N2O3/c1-2-3-4-8(10)9(14)11-5-7(13)6-12/h7-8,12-13H,2-6,10H2,1H3,(H,11,14). The van der Waals surface area contributed by atoms with Crippen molar-refractivity contribution in [3.05, 3.63) is 0 Å². The van der Waals surface area contributed by atoms with Gasteiger partial charge in [-0.05, 0) is 6.42 Å². The van der Waals surface area contributed by atoms with Crippen LogP contribution in [0.1, 0.15) is 26.2 Å². The van der Waals surface area contributed by atoms with Crippen LogP contribution >= 0.6 is 0 Å². The summed E-state index contributed by atoms with van der Waals surface area (Å²) < 4.78 is 0. The van der Waals surface area contributed by atoms with E-state index < -0.39 is 12.1 Å². The lowest BCUT2D eigenvalue weighted by molar-refractivity contribution is -0.123. The van der Waals surface area contributed by atoms with Crippen LogP contribution < -0.4 is 11.1 Å². The second kappa shape index (κ2) is 7.73. The van der Waals surface area contributed by atoms with Crippen molar-refractivity contribution in [1.29, 1.82) is 0 Å². The van der Waals surface area contributed by atoms with Crippen molar-refractivity contribution in [2.75, 3.05) is 13.2 Å². The van der Waals surface area contributed by atoms with Crippen LogP contribution in [0.2, 0.25) is 0 Å². The summed E-state index contributed by atoms with van der Waals surface area (Å²) >= 11 is 0. The predicted molar refractivity (Wildman–Crippen MR) is 53.6 cm³/mol. The quantitative estimate of drug-likeness (QED) is 0.426. The minimum absolute atomic E-state index is 0.0508. The minimum Gasteiger partial charge on any atom is -0.394 e. The summed E-state index contributed by atoms with van der Waals surface area (Å²) in [5.74, 6) is -0.272. The Labute approximate surface area is 84.3 Å². The van der Waals surface area contributed by atoms with Crippen molar-refractivity contribution in [1.82, 2.24) is 5.32 Å². The molecule has 0 bridgehead atoms. The Kier molecular flexibility index (Phi) is 7.37. The average molecular weight is 204 g/mol. The Morgan fingerprint density at radius 1 is 1.57 bits per heavy atom. The van der Waals surface area contributed by atoms with Gasteiger partial charge in [-0.25, -0.2) is 0 Å². The highest BCUT2D eigenvalue weighted by Gasteiger charge is 2.13. The molecule has 0 heterocycles. The lowest BCUT2D eigenvalue weighted by atomic mass is 10.1. The largest absolute Gasteiger partial charge is 0.394 e. The van der Waals surface area contributed by atoms with Crippen molar-refractivity contribution in [2.45, 2.75) is 38.3 Å². The van der Waals surface area contributed by atoms with Gasteiger partial charge in [0.1, 0.15) is 0 Å². The molecular formula is C9H20N2O3. The van der Waals surface area contributed by atoms with Gasteiger partial charge < -0.3 is 21.3 Å². The van der Waals surface area contributed by atoms with Crippen LogP contribution in [0.25, 0.3) is 0 Å². The number of rotatable bonds is 7. The van der Waals surface area contributed by atoms with E-state index in [9.17, 15) is 4.79 Å². The molecule has 0 aromatic rings. The molecule has 0 aromatic carbocycles. The van der Waals surface area contributed by atoms with Crippen molar-refractivity contribution in [3.8, 4) is 0 Å². The monoisotopic (exact) mass is 204 g/mol. The molecule has 0 fully saturated rings. The predicted octanol–water partition coefficient (Wildman–Crippen LogP) is -1.03. The lowest BCUT2D eigenvalue weighted by Gasteiger charge is -2.13. The summed E-state index contributed by atoms with van der Waals surface area (Å²) in [4.78, 5) is 11.2. The molecule has 5 nitrogen and oxygen atoms in total. The summed E-state index contributed by atoms with van der Waals surface area (Å²) in [6.45, 7) is 1.72. The topological polar surface area (TPSA) is 95.6 Å². The number of aliphatic hydroxyl groups excluding tert-OH is 2. The van der Waals surface area contributed by atoms with Gasteiger partial charge in [0.05, 0.1) is 18.8 Å². The lowest BCUT2D eigenvalue weighted by Crippen LogP contribution is -2.44. The number of carbonyl (C=O) groups excluding carboxylic acids is 1. The van der Waals surface area contributed by atoms with Gasteiger partial charge in [0.2, 0.25) is 5.91 Å². The van der Waals surface area contributed by atoms with E-state index in [0.717, 1.165) is 12.8 Å². The Bertz CT molecular complexity index is 164. The van der Waals surface area contributed by atoms with E-state index in [1.165, 1.54) is 0 Å². The molecule has 84 valence electrons. The molecule has 0 aliphatic heterocycles. The van der Waals surface area contributed by atoms with Crippen LogP contribution in [0.4, 0.5) is 0 Å². The first kappa shape index (κ1) is 13.4. The Balaban J connectivity index is 3.61. The third kappa shape index (κ3) is 5.90. The zero-order valence-corrected chi connectivity index (χ0v) is 8.57. The molecule has 2 unspecified atom stereocenters. The third-order valence-electron chi connectivity index (χ3n) is 1.93. The number of unbranched alkanes of at least 4 members (excludes halogenated alkanes) is 1. The fraction of sp³-hybridized carbons (Fsp3) is 0.889. The molecule has 0 aliphatic rings. The van der Waals surface area contributed by atoms with Crippen LogP contribution in [0.15, 0.2) is 0 Å². The fourth-order valence-electron chi connectivity index (χ4n) is 0.969. The second-order valence-electron chi connectivity index (χ2n) is 3.33. The molecule has 2 atom stereocenters. The highest BCUT2D eigenvalue weighted by atomic mass is 16.3. The third-order valence-corrected chi connectivity index (χ3v) is 1.93. The highest BCUT2D eigenvalue weighted by molar-refractivity contribution is 5.81. The number of hydrogen-bond acceptors (Lipinski definition) is 4. The summed E-state index contributed by atoms with van der Waals surface area (Å²) in [5.41, 5.74) is 5.57. The Hall–Kier alpha value is -0.650. The van der Waals surface area contributed by atoms with E-state index in [1.807, 2.05) is 6.92 Å². The molecule has 0 aromatic heterocycles. The van der Waals surface area contributed by atoms with Gasteiger partial charge in [-0.15, -0.1) is 0 Å². The molecule has 5 N–H and O–H groups in total. The van der Waals surface area contributed by atoms with Crippen LogP contribution in [-0.2, 0) is 4.79 Å². The van der Waals surface area contributed by atoms with Gasteiger partial charge in [-0.2, -0.15) is 0 Å². The molecule has 0 spiro atoms. The molecule has 0 rings (SSSR count).